The summed E-state index contributed by atoms with van der Waals surface area (Å²) in [5.74, 6) is -0.390. The largest absolute Gasteiger partial charge is 0.547 e. The SMILES string of the molecule is C=CCN(C(=O)OC)[C@@H]1C=C(O[Si](C)(C)C(C)(C)C)C[C@@H]2CCC(=O)[C@@]21C(=O)OC. The summed E-state index contributed by atoms with van der Waals surface area (Å²) in [4.78, 5) is 40.2. The molecule has 30 heavy (non-hydrogen) atoms. The average Bonchev–Trinajstić information content (AvgIpc) is 3.00. The van der Waals surface area contributed by atoms with E-state index in [0.29, 0.717) is 12.8 Å². The number of allylic oxidation sites excluding steroid dienone is 1. The van der Waals surface area contributed by atoms with Crippen molar-refractivity contribution in [1.82, 2.24) is 4.90 Å². The molecule has 2 aliphatic carbocycles. The van der Waals surface area contributed by atoms with E-state index in [9.17, 15) is 14.4 Å². The fraction of sp³-hybridized carbons (Fsp3) is 0.682. The number of ether oxygens (including phenoxy) is 2. The molecule has 7 nitrogen and oxygen atoms in total. The topological polar surface area (TPSA) is 82.1 Å². The Morgan fingerprint density at radius 1 is 1.30 bits per heavy atom. The number of fused-ring (bicyclic) bond motifs is 1. The van der Waals surface area contributed by atoms with E-state index < -0.39 is 31.8 Å². The monoisotopic (exact) mass is 437 g/mol. The standard InChI is InChI=1S/C22H35NO6Si/c1-9-12-23(20(26)28-6)17-14-16(29-30(7,8)21(2,3)4)13-15-10-11-18(24)22(15,17)19(25)27-5/h9,14-15,17H,1,10-13H2,2-8H3/t15-,17+,22+/m0/s1. The second-order valence-corrected chi connectivity index (χ2v) is 14.3. The molecule has 0 aromatic carbocycles. The van der Waals surface area contributed by atoms with Crippen molar-refractivity contribution in [3.63, 3.8) is 0 Å². The molecule has 0 spiro atoms. The van der Waals surface area contributed by atoms with Gasteiger partial charge in [0.25, 0.3) is 0 Å². The first-order valence-electron chi connectivity index (χ1n) is 10.3. The van der Waals surface area contributed by atoms with Crippen LogP contribution < -0.4 is 0 Å². The Bertz CT molecular complexity index is 753. The van der Waals surface area contributed by atoms with Crippen LogP contribution in [0.5, 0.6) is 0 Å². The van der Waals surface area contributed by atoms with Crippen LogP contribution >= 0.6 is 0 Å². The van der Waals surface area contributed by atoms with Crippen LogP contribution in [0.25, 0.3) is 0 Å². The first-order chi connectivity index (χ1) is 13.9. The normalized spacial score (nSPS) is 26.4. The summed E-state index contributed by atoms with van der Waals surface area (Å²) in [6.45, 7) is 14.6. The van der Waals surface area contributed by atoms with E-state index >= 15 is 0 Å². The fourth-order valence-corrected chi connectivity index (χ4v) is 5.39. The average molecular weight is 438 g/mol. The number of carbonyl (C=O) groups excluding carboxylic acids is 3. The molecule has 1 saturated carbocycles. The minimum absolute atomic E-state index is 0.0190. The third-order valence-electron chi connectivity index (χ3n) is 6.87. The first-order valence-corrected chi connectivity index (χ1v) is 13.2. The summed E-state index contributed by atoms with van der Waals surface area (Å²) in [5.41, 5.74) is -1.45. The predicted molar refractivity (Wildman–Crippen MR) is 116 cm³/mol. The van der Waals surface area contributed by atoms with E-state index in [1.54, 1.807) is 12.2 Å². The number of Topliss-reactive ketones (excluding diaryl/α,β-unsaturated/α-hetero) is 1. The van der Waals surface area contributed by atoms with Gasteiger partial charge < -0.3 is 13.9 Å². The molecule has 2 rings (SSSR count). The third kappa shape index (κ3) is 3.94. The van der Waals surface area contributed by atoms with Gasteiger partial charge in [0.05, 0.1) is 26.0 Å². The molecular weight excluding hydrogens is 402 g/mol. The molecule has 0 unspecified atom stereocenters. The zero-order valence-corrected chi connectivity index (χ0v) is 20.2. The number of esters is 1. The highest BCUT2D eigenvalue weighted by Gasteiger charge is 2.64. The Morgan fingerprint density at radius 3 is 2.43 bits per heavy atom. The van der Waals surface area contributed by atoms with Gasteiger partial charge in [-0.2, -0.15) is 0 Å². The molecule has 0 radical (unpaired) electrons. The maximum absolute atomic E-state index is 13.1. The number of hydrogen-bond acceptors (Lipinski definition) is 6. The van der Waals surface area contributed by atoms with Crippen LogP contribution in [0.15, 0.2) is 24.5 Å². The minimum atomic E-state index is -2.16. The summed E-state index contributed by atoms with van der Waals surface area (Å²) in [7, 11) is 0.395. The highest BCUT2D eigenvalue weighted by atomic mass is 28.4. The van der Waals surface area contributed by atoms with Gasteiger partial charge >= 0.3 is 12.1 Å². The van der Waals surface area contributed by atoms with Gasteiger partial charge in [0.1, 0.15) is 0 Å². The molecule has 0 saturated heterocycles. The lowest BCUT2D eigenvalue weighted by molar-refractivity contribution is -0.163. The van der Waals surface area contributed by atoms with E-state index in [2.05, 4.69) is 40.4 Å². The summed E-state index contributed by atoms with van der Waals surface area (Å²) < 4.78 is 16.6. The van der Waals surface area contributed by atoms with Crippen LogP contribution in [0.1, 0.15) is 40.0 Å². The van der Waals surface area contributed by atoms with Crippen molar-refractivity contribution in [1.29, 1.82) is 0 Å². The van der Waals surface area contributed by atoms with Crippen LogP contribution in [-0.4, -0.2) is 57.9 Å². The first kappa shape index (κ1) is 24.2. The van der Waals surface area contributed by atoms with Crippen LogP contribution in [0, 0.1) is 11.3 Å². The van der Waals surface area contributed by atoms with Crippen molar-refractivity contribution in [2.45, 2.75) is 64.2 Å². The lowest BCUT2D eigenvalue weighted by atomic mass is 9.66. The van der Waals surface area contributed by atoms with Crippen LogP contribution in [0.3, 0.4) is 0 Å². The zero-order chi connectivity index (χ0) is 22.9. The molecule has 0 aromatic heterocycles. The van der Waals surface area contributed by atoms with Crippen LogP contribution in [-0.2, 0) is 23.5 Å². The predicted octanol–water partition coefficient (Wildman–Crippen LogP) is 4.06. The Labute approximate surface area is 180 Å². The highest BCUT2D eigenvalue weighted by molar-refractivity contribution is 6.74. The van der Waals surface area contributed by atoms with E-state index in [-0.39, 0.29) is 29.7 Å². The lowest BCUT2D eigenvalue weighted by Gasteiger charge is -2.46. The molecule has 3 atom stereocenters. The molecule has 8 heteroatoms. The Balaban J connectivity index is 2.65. The van der Waals surface area contributed by atoms with E-state index in [4.69, 9.17) is 13.9 Å². The zero-order valence-electron chi connectivity index (χ0n) is 19.2. The van der Waals surface area contributed by atoms with Crippen molar-refractivity contribution < 1.29 is 28.3 Å². The number of amides is 1. The lowest BCUT2D eigenvalue weighted by Crippen LogP contribution is -2.60. The molecule has 0 aromatic rings. The van der Waals surface area contributed by atoms with Gasteiger partial charge in [0.2, 0.25) is 8.32 Å². The Hall–Kier alpha value is -2.09. The molecule has 0 bridgehead atoms. The van der Waals surface area contributed by atoms with Gasteiger partial charge in [-0.3, -0.25) is 14.5 Å². The molecule has 0 N–H and O–H groups in total. The van der Waals surface area contributed by atoms with Gasteiger partial charge in [-0.05, 0) is 36.5 Å². The number of carbonyl (C=O) groups is 3. The van der Waals surface area contributed by atoms with E-state index in [1.165, 1.54) is 19.1 Å². The Kier molecular flexibility index (Phi) is 6.91. The molecule has 1 amide bonds. The molecule has 2 aliphatic rings. The second-order valence-electron chi connectivity index (χ2n) is 9.57. The number of ketones is 1. The number of hydrogen-bond donors (Lipinski definition) is 0. The quantitative estimate of drug-likeness (QED) is 0.270. The molecule has 0 aliphatic heterocycles. The Morgan fingerprint density at radius 2 is 1.93 bits per heavy atom. The van der Waals surface area contributed by atoms with Crippen LogP contribution in [0.4, 0.5) is 4.79 Å². The molecule has 1 fully saturated rings. The maximum atomic E-state index is 13.1. The molecular formula is C22H35NO6Si. The summed E-state index contributed by atoms with van der Waals surface area (Å²) in [5, 5.41) is -0.0190. The second kappa shape index (κ2) is 8.57. The smallest absolute Gasteiger partial charge is 0.410 e. The van der Waals surface area contributed by atoms with Gasteiger partial charge in [-0.15, -0.1) is 6.58 Å². The third-order valence-corrected chi connectivity index (χ3v) is 11.3. The maximum Gasteiger partial charge on any atom is 0.410 e. The van der Waals surface area contributed by atoms with Gasteiger partial charge in [0.15, 0.2) is 11.2 Å². The van der Waals surface area contributed by atoms with Crippen LogP contribution in [0.2, 0.25) is 18.1 Å². The number of rotatable bonds is 6. The molecule has 0 heterocycles. The summed E-state index contributed by atoms with van der Waals surface area (Å²) in [6, 6.07) is -0.857. The fourth-order valence-electron chi connectivity index (χ4n) is 4.28. The number of nitrogens with zero attached hydrogens (tertiary/aromatic N) is 1. The highest BCUT2D eigenvalue weighted by Crippen LogP contribution is 2.53. The number of methoxy groups -OCH3 is 2. The van der Waals surface area contributed by atoms with Crippen molar-refractivity contribution >= 4 is 26.2 Å². The van der Waals surface area contributed by atoms with Crippen molar-refractivity contribution in [3.05, 3.63) is 24.5 Å². The van der Waals surface area contributed by atoms with E-state index in [0.717, 1.165) is 5.76 Å². The van der Waals surface area contributed by atoms with Gasteiger partial charge in [0, 0.05) is 19.4 Å². The van der Waals surface area contributed by atoms with E-state index in [1.807, 2.05) is 0 Å². The van der Waals surface area contributed by atoms with Gasteiger partial charge in [-0.25, -0.2) is 4.79 Å². The summed E-state index contributed by atoms with van der Waals surface area (Å²) in [6.07, 6.45) is 3.95. The van der Waals surface area contributed by atoms with Crippen molar-refractivity contribution in [2.75, 3.05) is 20.8 Å². The molecule has 168 valence electrons. The van der Waals surface area contributed by atoms with Gasteiger partial charge in [-0.1, -0.05) is 26.8 Å². The van der Waals surface area contributed by atoms with Crippen molar-refractivity contribution in [3.8, 4) is 0 Å². The minimum Gasteiger partial charge on any atom is -0.547 e. The van der Waals surface area contributed by atoms with Crippen molar-refractivity contribution in [2.24, 2.45) is 11.3 Å². The summed E-state index contributed by atoms with van der Waals surface area (Å²) >= 11 is 0.